The van der Waals surface area contributed by atoms with Crippen LogP contribution in [0.3, 0.4) is 0 Å². The number of hydrogen-bond acceptors (Lipinski definition) is 3. The number of aromatic nitrogens is 4. The monoisotopic (exact) mass is 328 g/mol. The van der Waals surface area contributed by atoms with Crippen LogP contribution in [0.25, 0.3) is 48.1 Å². The first kappa shape index (κ1) is 12.5. The second-order valence-electron chi connectivity index (χ2n) is 6.05. The van der Waals surface area contributed by atoms with E-state index >= 15 is 0 Å². The lowest BCUT2D eigenvalue weighted by atomic mass is 10.2. The summed E-state index contributed by atoms with van der Waals surface area (Å²) in [6, 6.07) is 16.8. The molecule has 6 rings (SSSR count). The van der Waals surface area contributed by atoms with Crippen LogP contribution < -0.4 is 0 Å². The first-order valence-corrected chi connectivity index (χ1v) is 8.66. The number of aryl methyl sites for hydroxylation is 1. The molecule has 114 valence electrons. The molecule has 24 heavy (non-hydrogen) atoms. The predicted octanol–water partition coefficient (Wildman–Crippen LogP) is 4.74. The molecule has 0 spiro atoms. The Bertz CT molecular complexity index is 1420. The van der Waals surface area contributed by atoms with E-state index in [1.54, 1.807) is 11.3 Å². The summed E-state index contributed by atoms with van der Waals surface area (Å²) in [5.74, 6) is 0.967. The van der Waals surface area contributed by atoms with Crippen molar-refractivity contribution >= 4 is 59.5 Å². The lowest BCUT2D eigenvalue weighted by Gasteiger charge is -1.99. The van der Waals surface area contributed by atoms with Crippen molar-refractivity contribution < 1.29 is 0 Å². The van der Waals surface area contributed by atoms with Crippen molar-refractivity contribution in [3.05, 3.63) is 54.7 Å². The average molecular weight is 328 g/mol. The average Bonchev–Trinajstić information content (AvgIpc) is 3.25. The van der Waals surface area contributed by atoms with Gasteiger partial charge in [0, 0.05) is 23.3 Å². The first-order valence-electron chi connectivity index (χ1n) is 7.85. The first-order chi connectivity index (χ1) is 11.8. The Labute approximate surface area is 140 Å². The zero-order valence-corrected chi connectivity index (χ0v) is 13.7. The molecule has 0 N–H and O–H groups in total. The number of rotatable bonds is 0. The van der Waals surface area contributed by atoms with Crippen molar-refractivity contribution in [2.24, 2.45) is 7.05 Å². The molecule has 0 saturated heterocycles. The maximum atomic E-state index is 4.83. The lowest BCUT2D eigenvalue weighted by Crippen LogP contribution is -1.87. The van der Waals surface area contributed by atoms with E-state index in [0.717, 1.165) is 22.3 Å². The molecule has 0 saturated carbocycles. The van der Waals surface area contributed by atoms with E-state index in [1.165, 1.54) is 25.8 Å². The minimum atomic E-state index is 0.967. The maximum absolute atomic E-state index is 4.83. The zero-order chi connectivity index (χ0) is 15.8. The third-order valence-corrected chi connectivity index (χ3v) is 5.88. The van der Waals surface area contributed by atoms with E-state index in [2.05, 4.69) is 57.4 Å². The highest BCUT2D eigenvalue weighted by Gasteiger charge is 2.18. The zero-order valence-electron chi connectivity index (χ0n) is 12.9. The van der Waals surface area contributed by atoms with Crippen LogP contribution in [0.15, 0.2) is 54.7 Å². The number of benzene rings is 2. The smallest absolute Gasteiger partial charge is 0.215 e. The van der Waals surface area contributed by atoms with Gasteiger partial charge >= 0.3 is 0 Å². The van der Waals surface area contributed by atoms with Crippen LogP contribution >= 0.6 is 11.3 Å². The number of para-hydroxylation sites is 2. The van der Waals surface area contributed by atoms with E-state index < -0.39 is 0 Å². The van der Waals surface area contributed by atoms with Gasteiger partial charge in [0.15, 0.2) is 0 Å². The second-order valence-corrected chi connectivity index (χ2v) is 7.14. The maximum Gasteiger partial charge on any atom is 0.215 e. The van der Waals surface area contributed by atoms with Crippen LogP contribution in [0, 0.1) is 0 Å². The highest BCUT2D eigenvalue weighted by atomic mass is 32.1. The van der Waals surface area contributed by atoms with E-state index in [0.29, 0.717) is 0 Å². The van der Waals surface area contributed by atoms with Gasteiger partial charge in [0.05, 0.1) is 32.3 Å². The molecule has 4 nitrogen and oxygen atoms in total. The normalized spacial score (nSPS) is 12.4. The van der Waals surface area contributed by atoms with E-state index in [1.807, 2.05) is 18.3 Å². The molecule has 0 aliphatic heterocycles. The molecule has 2 aromatic carbocycles. The summed E-state index contributed by atoms with van der Waals surface area (Å²) in [6.45, 7) is 0. The lowest BCUT2D eigenvalue weighted by molar-refractivity contribution is 0.974. The third kappa shape index (κ3) is 1.35. The molecule has 0 fully saturated rings. The molecule has 0 aliphatic rings. The van der Waals surface area contributed by atoms with Crippen LogP contribution in [0.5, 0.6) is 0 Å². The molecule has 6 aromatic rings. The van der Waals surface area contributed by atoms with Crippen LogP contribution in [-0.2, 0) is 7.05 Å². The fourth-order valence-electron chi connectivity index (χ4n) is 3.72. The van der Waals surface area contributed by atoms with Gasteiger partial charge in [-0.05, 0) is 36.4 Å². The Morgan fingerprint density at radius 1 is 0.917 bits per heavy atom. The van der Waals surface area contributed by atoms with Crippen LogP contribution in [-0.4, -0.2) is 18.9 Å². The molecule has 0 bridgehead atoms. The van der Waals surface area contributed by atoms with Crippen molar-refractivity contribution in [1.29, 1.82) is 0 Å². The molecular formula is C19H12N4S. The largest absolute Gasteiger partial charge is 0.313 e. The quantitative estimate of drug-likeness (QED) is 0.403. The SMILES string of the molecule is Cn1c2ccc3sc4cccnc4c3c2n2c3ccccc3nc12. The molecule has 4 heterocycles. The Morgan fingerprint density at radius 2 is 1.83 bits per heavy atom. The number of hydrogen-bond donors (Lipinski definition) is 0. The topological polar surface area (TPSA) is 35.1 Å². The second kappa shape index (κ2) is 4.13. The van der Waals surface area contributed by atoms with Gasteiger partial charge < -0.3 is 4.57 Å². The molecule has 0 radical (unpaired) electrons. The molecule has 5 heteroatoms. The number of pyridine rings is 1. The molecule has 0 aliphatic carbocycles. The molecule has 4 aromatic heterocycles. The fraction of sp³-hybridized carbons (Fsp3) is 0.0526. The van der Waals surface area contributed by atoms with Gasteiger partial charge in [0.25, 0.3) is 0 Å². The molecule has 0 amide bonds. The van der Waals surface area contributed by atoms with Gasteiger partial charge in [0.2, 0.25) is 5.78 Å². The van der Waals surface area contributed by atoms with Crippen molar-refractivity contribution in [2.45, 2.75) is 0 Å². The molecular weight excluding hydrogens is 316 g/mol. The van der Waals surface area contributed by atoms with E-state index in [4.69, 9.17) is 4.98 Å². The summed E-state index contributed by atoms with van der Waals surface area (Å²) in [5, 5.41) is 1.22. The summed E-state index contributed by atoms with van der Waals surface area (Å²) < 4.78 is 6.93. The summed E-state index contributed by atoms with van der Waals surface area (Å²) in [4.78, 5) is 9.50. The Hall–Kier alpha value is -2.92. The van der Waals surface area contributed by atoms with Crippen LogP contribution in [0.2, 0.25) is 0 Å². The minimum absolute atomic E-state index is 0.967. The summed E-state index contributed by atoms with van der Waals surface area (Å²) in [6.07, 6.45) is 1.87. The third-order valence-electron chi connectivity index (χ3n) is 4.77. The number of imidazole rings is 2. The highest BCUT2D eigenvalue weighted by Crippen LogP contribution is 2.39. The van der Waals surface area contributed by atoms with Crippen molar-refractivity contribution in [1.82, 2.24) is 18.9 Å². The summed E-state index contributed by atoms with van der Waals surface area (Å²) in [7, 11) is 2.08. The molecule has 0 unspecified atom stereocenters. The Kier molecular flexibility index (Phi) is 2.15. The fourth-order valence-corrected chi connectivity index (χ4v) is 4.78. The minimum Gasteiger partial charge on any atom is -0.313 e. The number of thiophene rings is 1. The summed E-state index contributed by atoms with van der Waals surface area (Å²) in [5.41, 5.74) is 5.62. The Balaban J connectivity index is 2.03. The van der Waals surface area contributed by atoms with Gasteiger partial charge in [0.1, 0.15) is 0 Å². The van der Waals surface area contributed by atoms with E-state index in [-0.39, 0.29) is 0 Å². The number of fused-ring (bicyclic) bond motifs is 9. The van der Waals surface area contributed by atoms with Gasteiger partial charge in [-0.15, -0.1) is 11.3 Å². The summed E-state index contributed by atoms with van der Waals surface area (Å²) >= 11 is 1.80. The van der Waals surface area contributed by atoms with Crippen molar-refractivity contribution in [2.75, 3.05) is 0 Å². The predicted molar refractivity (Wildman–Crippen MR) is 99.9 cm³/mol. The van der Waals surface area contributed by atoms with Gasteiger partial charge in [-0.2, -0.15) is 0 Å². The van der Waals surface area contributed by atoms with Gasteiger partial charge in [-0.25, -0.2) is 4.98 Å². The van der Waals surface area contributed by atoms with Crippen molar-refractivity contribution in [3.8, 4) is 0 Å². The van der Waals surface area contributed by atoms with Crippen LogP contribution in [0.4, 0.5) is 0 Å². The van der Waals surface area contributed by atoms with Gasteiger partial charge in [-0.3, -0.25) is 9.38 Å². The standard InChI is InChI=1S/C19H12N4S/c1-22-13-8-9-14-16(17-15(24-14)7-4-10-20-17)18(13)23-12-6-3-2-5-11(12)21-19(22)23/h2-10H,1H3. The molecule has 0 atom stereocenters. The van der Waals surface area contributed by atoms with Crippen LogP contribution in [0.1, 0.15) is 0 Å². The van der Waals surface area contributed by atoms with Gasteiger partial charge in [-0.1, -0.05) is 12.1 Å². The number of nitrogens with zero attached hydrogens (tertiary/aromatic N) is 4. The van der Waals surface area contributed by atoms with E-state index in [9.17, 15) is 0 Å². The van der Waals surface area contributed by atoms with Crippen molar-refractivity contribution in [3.63, 3.8) is 0 Å². The Morgan fingerprint density at radius 3 is 2.79 bits per heavy atom. The highest BCUT2D eigenvalue weighted by molar-refractivity contribution is 7.25.